The van der Waals surface area contributed by atoms with E-state index in [9.17, 15) is 0 Å². The fourth-order valence-electron chi connectivity index (χ4n) is 1.46. The van der Waals surface area contributed by atoms with E-state index < -0.39 is 0 Å². The largest absolute Gasteiger partial charge is 0.399 e. The van der Waals surface area contributed by atoms with Crippen LogP contribution in [0.15, 0.2) is 18.2 Å². The zero-order valence-corrected chi connectivity index (χ0v) is 9.02. The van der Waals surface area contributed by atoms with Crippen molar-refractivity contribution in [1.29, 1.82) is 0 Å². The van der Waals surface area contributed by atoms with Crippen molar-refractivity contribution < 1.29 is 0 Å². The molecule has 0 saturated carbocycles. The molecular weight excluding hydrogens is 157 g/mol. The van der Waals surface area contributed by atoms with E-state index in [0.29, 0.717) is 5.31 Å². The van der Waals surface area contributed by atoms with Crippen LogP contribution in [0.2, 0.25) is 5.31 Å². The molecule has 0 aliphatic heterocycles. The fraction of sp³-hybridized carbons (Fsp3) is 0.455. The van der Waals surface area contributed by atoms with Gasteiger partial charge in [0.05, 0.1) is 0 Å². The molecule has 0 unspecified atom stereocenters. The number of nitrogen functional groups attached to an aromatic ring is 1. The van der Waals surface area contributed by atoms with E-state index in [-0.39, 0.29) is 0 Å². The van der Waals surface area contributed by atoms with Crippen LogP contribution in [0.1, 0.15) is 26.3 Å². The Hall–Kier alpha value is -0.915. The molecule has 2 N–H and O–H groups in total. The molecule has 0 spiro atoms. The molecule has 0 radical (unpaired) electrons. The van der Waals surface area contributed by atoms with Crippen molar-refractivity contribution in [3.8, 4) is 0 Å². The maximum absolute atomic E-state index is 5.75. The molecular formula is C11H18BN. The number of anilines is 1. The van der Waals surface area contributed by atoms with Crippen molar-refractivity contribution in [2.45, 2.75) is 33.0 Å². The molecule has 0 aliphatic carbocycles. The Labute approximate surface area is 81.6 Å². The second-order valence-corrected chi connectivity index (χ2v) is 4.93. The van der Waals surface area contributed by atoms with Gasteiger partial charge in [0.25, 0.3) is 0 Å². The first-order valence-corrected chi connectivity index (χ1v) is 4.73. The molecule has 0 bridgehead atoms. The summed E-state index contributed by atoms with van der Waals surface area (Å²) in [6.07, 6.45) is 0. The molecule has 0 fully saturated rings. The second-order valence-electron chi connectivity index (χ2n) is 4.93. The van der Waals surface area contributed by atoms with Gasteiger partial charge in [-0.05, 0) is 18.6 Å². The summed E-state index contributed by atoms with van der Waals surface area (Å²) >= 11 is 0. The lowest BCUT2D eigenvalue weighted by Gasteiger charge is -2.16. The summed E-state index contributed by atoms with van der Waals surface area (Å²) in [5.41, 5.74) is 9.20. The van der Waals surface area contributed by atoms with Gasteiger partial charge in [0.1, 0.15) is 0 Å². The van der Waals surface area contributed by atoms with Gasteiger partial charge in [0.15, 0.2) is 7.28 Å². The average molecular weight is 175 g/mol. The Balaban J connectivity index is 2.86. The topological polar surface area (TPSA) is 26.0 Å². The maximum atomic E-state index is 5.75. The van der Waals surface area contributed by atoms with Crippen LogP contribution in [0, 0.1) is 6.92 Å². The van der Waals surface area contributed by atoms with Gasteiger partial charge in [-0.15, -0.1) is 0 Å². The van der Waals surface area contributed by atoms with E-state index in [1.54, 1.807) is 0 Å². The summed E-state index contributed by atoms with van der Waals surface area (Å²) in [4.78, 5) is 0. The first-order valence-electron chi connectivity index (χ1n) is 4.73. The number of hydrogen-bond acceptors (Lipinski definition) is 1. The Bertz CT molecular complexity index is 299. The number of aryl methyl sites for hydroxylation is 1. The predicted molar refractivity (Wildman–Crippen MR) is 62.1 cm³/mol. The molecule has 0 amide bonds. The third-order valence-corrected chi connectivity index (χ3v) is 2.07. The van der Waals surface area contributed by atoms with Gasteiger partial charge >= 0.3 is 0 Å². The van der Waals surface area contributed by atoms with Crippen LogP contribution < -0.4 is 11.2 Å². The summed E-state index contributed by atoms with van der Waals surface area (Å²) < 4.78 is 0. The van der Waals surface area contributed by atoms with Crippen molar-refractivity contribution >= 4 is 18.4 Å². The van der Waals surface area contributed by atoms with Crippen LogP contribution in [0.5, 0.6) is 0 Å². The number of nitrogens with two attached hydrogens (primary N) is 1. The van der Waals surface area contributed by atoms with E-state index in [1.807, 2.05) is 6.07 Å². The minimum absolute atomic E-state index is 0.350. The average Bonchev–Trinajstić information content (AvgIpc) is 1.94. The quantitative estimate of drug-likeness (QED) is 0.511. The Morgan fingerprint density at radius 2 is 1.85 bits per heavy atom. The first kappa shape index (κ1) is 10.2. The number of rotatable bonds is 1. The predicted octanol–water partition coefficient (Wildman–Crippen LogP) is 1.86. The highest BCUT2D eigenvalue weighted by Crippen LogP contribution is 2.20. The molecule has 70 valence electrons. The van der Waals surface area contributed by atoms with Crippen LogP contribution in [-0.2, 0) is 0 Å². The van der Waals surface area contributed by atoms with Crippen LogP contribution in [-0.4, -0.2) is 7.28 Å². The SMILES string of the molecule is Cc1cc(BC(C)(C)C)ccc1N. The van der Waals surface area contributed by atoms with Gasteiger partial charge in [-0.25, -0.2) is 0 Å². The van der Waals surface area contributed by atoms with E-state index in [0.717, 1.165) is 13.0 Å². The van der Waals surface area contributed by atoms with Crippen LogP contribution >= 0.6 is 0 Å². The number of benzene rings is 1. The Morgan fingerprint density at radius 1 is 1.23 bits per heavy atom. The van der Waals surface area contributed by atoms with Crippen molar-refractivity contribution in [3.63, 3.8) is 0 Å². The van der Waals surface area contributed by atoms with E-state index in [1.165, 1.54) is 11.0 Å². The minimum Gasteiger partial charge on any atom is -0.399 e. The Kier molecular flexibility index (Phi) is 2.70. The summed E-state index contributed by atoms with van der Waals surface area (Å²) in [7, 11) is 1.11. The van der Waals surface area contributed by atoms with Crippen LogP contribution in [0.4, 0.5) is 5.69 Å². The van der Waals surface area contributed by atoms with Crippen LogP contribution in [0.3, 0.4) is 0 Å². The van der Waals surface area contributed by atoms with Crippen molar-refractivity contribution in [2.24, 2.45) is 0 Å². The number of hydrogen-bond donors (Lipinski definition) is 1. The van der Waals surface area contributed by atoms with E-state index >= 15 is 0 Å². The highest BCUT2D eigenvalue weighted by atomic mass is 14.5. The standard InChI is InChI=1S/C11H18BN/c1-8-7-9(5-6-10(8)13)12-11(2,3)4/h5-7,12H,13H2,1-4H3. The molecule has 0 heterocycles. The minimum atomic E-state index is 0.350. The molecule has 0 aliphatic rings. The van der Waals surface area contributed by atoms with Crippen molar-refractivity contribution in [1.82, 2.24) is 0 Å². The first-order chi connectivity index (χ1) is 5.88. The molecule has 0 atom stereocenters. The molecule has 0 saturated heterocycles. The lowest BCUT2D eigenvalue weighted by molar-refractivity contribution is 0.759. The Morgan fingerprint density at radius 3 is 2.31 bits per heavy atom. The van der Waals surface area contributed by atoms with Gasteiger partial charge in [0, 0.05) is 5.69 Å². The molecule has 1 rings (SSSR count). The normalized spacial score (nSPS) is 11.4. The molecule has 1 aromatic carbocycles. The smallest absolute Gasteiger partial charge is 0.163 e. The fourth-order valence-corrected chi connectivity index (χ4v) is 1.46. The van der Waals surface area contributed by atoms with Gasteiger partial charge in [-0.2, -0.15) is 0 Å². The monoisotopic (exact) mass is 175 g/mol. The molecule has 1 aromatic rings. The van der Waals surface area contributed by atoms with E-state index in [2.05, 4.69) is 39.8 Å². The molecule has 1 nitrogen and oxygen atoms in total. The highest BCUT2D eigenvalue weighted by molar-refractivity contribution is 6.56. The molecule has 0 aromatic heterocycles. The lowest BCUT2D eigenvalue weighted by atomic mass is 9.51. The zero-order valence-electron chi connectivity index (χ0n) is 9.02. The maximum Gasteiger partial charge on any atom is 0.163 e. The van der Waals surface area contributed by atoms with Crippen molar-refractivity contribution in [3.05, 3.63) is 23.8 Å². The zero-order chi connectivity index (χ0) is 10.1. The summed E-state index contributed by atoms with van der Waals surface area (Å²) in [6, 6.07) is 6.30. The second kappa shape index (κ2) is 3.45. The van der Waals surface area contributed by atoms with Gasteiger partial charge in [0.2, 0.25) is 0 Å². The summed E-state index contributed by atoms with van der Waals surface area (Å²) in [5, 5.41) is 0.350. The molecule has 13 heavy (non-hydrogen) atoms. The van der Waals surface area contributed by atoms with Crippen LogP contribution in [0.25, 0.3) is 0 Å². The van der Waals surface area contributed by atoms with Gasteiger partial charge < -0.3 is 5.73 Å². The summed E-state index contributed by atoms with van der Waals surface area (Å²) in [5.74, 6) is 0. The highest BCUT2D eigenvalue weighted by Gasteiger charge is 2.13. The third kappa shape index (κ3) is 3.13. The van der Waals surface area contributed by atoms with Gasteiger partial charge in [-0.3, -0.25) is 0 Å². The third-order valence-electron chi connectivity index (χ3n) is 2.07. The van der Waals surface area contributed by atoms with Gasteiger partial charge in [-0.1, -0.05) is 43.7 Å². The lowest BCUT2D eigenvalue weighted by Crippen LogP contribution is -2.23. The van der Waals surface area contributed by atoms with Crippen molar-refractivity contribution in [2.75, 3.05) is 5.73 Å². The van der Waals surface area contributed by atoms with E-state index in [4.69, 9.17) is 5.73 Å². The molecule has 2 heteroatoms. The summed E-state index contributed by atoms with van der Waals surface area (Å²) in [6.45, 7) is 8.80.